The van der Waals surface area contributed by atoms with E-state index in [4.69, 9.17) is 0 Å². The summed E-state index contributed by atoms with van der Waals surface area (Å²) in [5.41, 5.74) is 1.12. The molecule has 29 heavy (non-hydrogen) atoms. The molecule has 0 aliphatic carbocycles. The van der Waals surface area contributed by atoms with Crippen molar-refractivity contribution < 1.29 is 13.2 Å². The maximum absolute atomic E-state index is 12.9. The number of rotatable bonds is 7. The molecule has 1 N–H and O–H groups in total. The van der Waals surface area contributed by atoms with E-state index in [1.54, 1.807) is 23.5 Å². The van der Waals surface area contributed by atoms with Crippen LogP contribution in [-0.2, 0) is 27.8 Å². The molecule has 1 aliphatic heterocycles. The van der Waals surface area contributed by atoms with Crippen LogP contribution in [0.25, 0.3) is 0 Å². The third-order valence-corrected chi connectivity index (χ3v) is 8.65. The number of carbonyl (C=O) groups excluding carboxylic acids is 1. The lowest BCUT2D eigenvalue weighted by atomic mass is 9.97. The summed E-state index contributed by atoms with van der Waals surface area (Å²) < 4.78 is 27.3. The van der Waals surface area contributed by atoms with Crippen molar-refractivity contribution >= 4 is 27.3 Å². The number of piperidine rings is 1. The largest absolute Gasteiger partial charge is 0.351 e. The van der Waals surface area contributed by atoms with Gasteiger partial charge in [-0.1, -0.05) is 32.9 Å². The molecule has 0 spiro atoms. The number of nitrogens with zero attached hydrogens (tertiary/aromatic N) is 1. The maximum atomic E-state index is 12.9. The van der Waals surface area contributed by atoms with Crippen molar-refractivity contribution in [3.63, 3.8) is 0 Å². The van der Waals surface area contributed by atoms with Crippen LogP contribution in [0.3, 0.4) is 0 Å². The molecule has 1 amide bonds. The van der Waals surface area contributed by atoms with Crippen LogP contribution in [0, 0.1) is 5.92 Å². The van der Waals surface area contributed by atoms with Crippen molar-refractivity contribution in [1.29, 1.82) is 0 Å². The molecular formula is C22H30N2O3S2. The van der Waals surface area contributed by atoms with Crippen LogP contribution in [0.2, 0.25) is 0 Å². The van der Waals surface area contributed by atoms with Crippen molar-refractivity contribution in [2.75, 3.05) is 13.1 Å². The summed E-state index contributed by atoms with van der Waals surface area (Å²) in [4.78, 5) is 15.3. The monoisotopic (exact) mass is 434 g/mol. The first-order valence-corrected chi connectivity index (χ1v) is 12.5. The van der Waals surface area contributed by atoms with Crippen molar-refractivity contribution in [3.8, 4) is 0 Å². The number of nitrogens with one attached hydrogen (secondary N) is 1. The number of thiophene rings is 1. The average molecular weight is 435 g/mol. The molecule has 0 saturated carbocycles. The van der Waals surface area contributed by atoms with E-state index in [1.165, 1.54) is 9.18 Å². The van der Waals surface area contributed by atoms with E-state index in [-0.39, 0.29) is 11.8 Å². The summed E-state index contributed by atoms with van der Waals surface area (Å²) in [5.74, 6) is 0.258. The Hall–Kier alpha value is -1.70. The van der Waals surface area contributed by atoms with Crippen molar-refractivity contribution in [2.45, 2.75) is 57.4 Å². The Morgan fingerprint density at radius 2 is 1.72 bits per heavy atom. The highest BCUT2D eigenvalue weighted by Crippen LogP contribution is 2.25. The van der Waals surface area contributed by atoms with Crippen molar-refractivity contribution in [3.05, 3.63) is 51.7 Å². The van der Waals surface area contributed by atoms with E-state index >= 15 is 0 Å². The van der Waals surface area contributed by atoms with Gasteiger partial charge in [-0.05, 0) is 55.0 Å². The van der Waals surface area contributed by atoms with E-state index in [9.17, 15) is 13.2 Å². The van der Waals surface area contributed by atoms with Gasteiger partial charge in [-0.25, -0.2) is 8.42 Å². The third kappa shape index (κ3) is 5.27. The van der Waals surface area contributed by atoms with Gasteiger partial charge < -0.3 is 5.32 Å². The van der Waals surface area contributed by atoms with Gasteiger partial charge in [0, 0.05) is 28.8 Å². The van der Waals surface area contributed by atoms with Gasteiger partial charge >= 0.3 is 0 Å². The molecule has 0 radical (unpaired) electrons. The van der Waals surface area contributed by atoms with E-state index in [0.717, 1.165) is 16.9 Å². The summed E-state index contributed by atoms with van der Waals surface area (Å²) in [6.45, 7) is 7.59. The van der Waals surface area contributed by atoms with Crippen LogP contribution in [-0.4, -0.2) is 31.7 Å². The number of hydrogen-bond donors (Lipinski definition) is 1. The van der Waals surface area contributed by atoms with Crippen LogP contribution in [0.4, 0.5) is 0 Å². The van der Waals surface area contributed by atoms with E-state index in [0.29, 0.717) is 43.3 Å². The molecule has 3 rings (SSSR count). The predicted octanol–water partition coefficient (Wildman–Crippen LogP) is 4.15. The highest BCUT2D eigenvalue weighted by Gasteiger charge is 2.32. The molecule has 1 aromatic heterocycles. The number of benzene rings is 1. The summed E-state index contributed by atoms with van der Waals surface area (Å²) in [6, 6.07) is 11.3. The van der Waals surface area contributed by atoms with Crippen molar-refractivity contribution in [2.24, 2.45) is 5.92 Å². The van der Waals surface area contributed by atoms with Gasteiger partial charge in [0.25, 0.3) is 0 Å². The minimum Gasteiger partial charge on any atom is -0.351 e. The lowest BCUT2D eigenvalue weighted by molar-refractivity contribution is -0.126. The van der Waals surface area contributed by atoms with E-state index < -0.39 is 10.0 Å². The second-order valence-electron chi connectivity index (χ2n) is 7.84. The summed E-state index contributed by atoms with van der Waals surface area (Å²) >= 11 is 1.72. The molecule has 0 bridgehead atoms. The van der Waals surface area contributed by atoms with Gasteiger partial charge in [0.05, 0.1) is 11.4 Å². The number of carbonyl (C=O) groups is 1. The van der Waals surface area contributed by atoms with Crippen molar-refractivity contribution in [1.82, 2.24) is 9.62 Å². The Morgan fingerprint density at radius 3 is 2.28 bits per heavy atom. The van der Waals surface area contributed by atoms with Gasteiger partial charge in [-0.3, -0.25) is 4.79 Å². The quantitative estimate of drug-likeness (QED) is 0.712. The number of amides is 1. The van der Waals surface area contributed by atoms with Crippen LogP contribution < -0.4 is 5.32 Å². The first-order chi connectivity index (χ1) is 13.8. The molecule has 158 valence electrons. The minimum atomic E-state index is -3.51. The van der Waals surface area contributed by atoms with Crippen LogP contribution in [0.5, 0.6) is 0 Å². The molecule has 7 heteroatoms. The Kier molecular flexibility index (Phi) is 7.14. The Balaban J connectivity index is 1.54. The highest BCUT2D eigenvalue weighted by molar-refractivity contribution is 7.89. The van der Waals surface area contributed by atoms with Crippen LogP contribution in [0.1, 0.15) is 54.8 Å². The first kappa shape index (κ1) is 22.0. The zero-order chi connectivity index (χ0) is 21.0. The fourth-order valence-corrected chi connectivity index (χ4v) is 5.93. The topological polar surface area (TPSA) is 66.5 Å². The molecule has 1 fully saturated rings. The normalized spacial score (nSPS) is 16.3. The second-order valence-corrected chi connectivity index (χ2v) is 11.0. The van der Waals surface area contributed by atoms with Crippen LogP contribution >= 0.6 is 11.3 Å². The fourth-order valence-electron chi connectivity index (χ4n) is 3.56. The maximum Gasteiger partial charge on any atom is 0.243 e. The molecule has 1 aromatic carbocycles. The average Bonchev–Trinajstić information content (AvgIpc) is 3.20. The lowest BCUT2D eigenvalue weighted by Crippen LogP contribution is -2.42. The Bertz CT molecular complexity index is 925. The molecule has 1 aliphatic rings. The highest BCUT2D eigenvalue weighted by atomic mass is 32.2. The molecule has 1 saturated heterocycles. The Labute approximate surface area is 178 Å². The van der Waals surface area contributed by atoms with Gasteiger partial charge in [0.1, 0.15) is 0 Å². The zero-order valence-corrected chi connectivity index (χ0v) is 19.0. The molecule has 2 aromatic rings. The summed E-state index contributed by atoms with van der Waals surface area (Å²) in [6.07, 6.45) is 2.12. The van der Waals surface area contributed by atoms with Gasteiger partial charge in [0.15, 0.2) is 0 Å². The molecule has 2 heterocycles. The van der Waals surface area contributed by atoms with Gasteiger partial charge in [-0.15, -0.1) is 11.3 Å². The van der Waals surface area contributed by atoms with Gasteiger partial charge in [-0.2, -0.15) is 4.31 Å². The third-order valence-electron chi connectivity index (χ3n) is 5.51. The number of aryl methyl sites for hydroxylation is 1. The molecule has 5 nitrogen and oxygen atoms in total. The SMILES string of the molecule is CCc1ccc(CNC(=O)C2CCN(S(=O)(=O)c3ccc(C(C)C)cc3)CC2)s1. The van der Waals surface area contributed by atoms with E-state index in [2.05, 4.69) is 38.2 Å². The predicted molar refractivity (Wildman–Crippen MR) is 118 cm³/mol. The fraction of sp³-hybridized carbons (Fsp3) is 0.500. The smallest absolute Gasteiger partial charge is 0.243 e. The zero-order valence-electron chi connectivity index (χ0n) is 17.3. The number of hydrogen-bond acceptors (Lipinski definition) is 4. The number of sulfonamides is 1. The first-order valence-electron chi connectivity index (χ1n) is 10.3. The van der Waals surface area contributed by atoms with E-state index in [1.807, 2.05) is 12.1 Å². The lowest BCUT2D eigenvalue weighted by Gasteiger charge is -2.30. The molecule has 0 atom stereocenters. The second kappa shape index (κ2) is 9.41. The minimum absolute atomic E-state index is 0.0229. The van der Waals surface area contributed by atoms with Crippen LogP contribution in [0.15, 0.2) is 41.3 Å². The summed E-state index contributed by atoms with van der Waals surface area (Å²) in [7, 11) is -3.51. The Morgan fingerprint density at radius 1 is 1.10 bits per heavy atom. The standard InChI is InChI=1S/C22H30N2O3S2/c1-4-19-7-8-20(28-19)15-23-22(25)18-11-13-24(14-12-18)29(26,27)21-9-5-17(6-10-21)16(2)3/h5-10,16,18H,4,11-15H2,1-3H3,(H,23,25). The van der Waals surface area contributed by atoms with Gasteiger partial charge in [0.2, 0.25) is 15.9 Å². The molecule has 0 unspecified atom stereocenters. The summed E-state index contributed by atoms with van der Waals surface area (Å²) in [5, 5.41) is 3.01. The molecular weight excluding hydrogens is 404 g/mol.